The van der Waals surface area contributed by atoms with Crippen LogP contribution in [0.1, 0.15) is 38.2 Å². The number of hydrogen-bond acceptors (Lipinski definition) is 7. The second-order valence-corrected chi connectivity index (χ2v) is 12.0. The van der Waals surface area contributed by atoms with Gasteiger partial charge in [-0.2, -0.15) is 13.2 Å². The summed E-state index contributed by atoms with van der Waals surface area (Å²) in [6, 6.07) is 15.9. The fraction of sp³-hybridized carbons (Fsp3) is 0.361. The largest absolute Gasteiger partial charge is 0.493 e. The maximum atomic E-state index is 14.5. The van der Waals surface area contributed by atoms with Crippen molar-refractivity contribution in [1.82, 2.24) is 10.3 Å². The van der Waals surface area contributed by atoms with E-state index < -0.39 is 17.8 Å². The van der Waals surface area contributed by atoms with Gasteiger partial charge in [0.25, 0.3) is 0 Å². The van der Waals surface area contributed by atoms with E-state index in [-0.39, 0.29) is 29.9 Å². The van der Waals surface area contributed by atoms with Crippen LogP contribution in [-0.4, -0.2) is 63.4 Å². The van der Waals surface area contributed by atoms with E-state index in [1.54, 1.807) is 85.7 Å². The molecule has 0 unspecified atom stereocenters. The van der Waals surface area contributed by atoms with Crippen molar-refractivity contribution in [3.63, 3.8) is 0 Å². The summed E-state index contributed by atoms with van der Waals surface area (Å²) in [5.74, 6) is 1.97. The van der Waals surface area contributed by atoms with Crippen LogP contribution < -0.4 is 34.2 Å². The third kappa shape index (κ3) is 7.15. The smallest absolute Gasteiger partial charge is 0.418 e. The number of aromatic nitrogens is 1. The second-order valence-electron chi connectivity index (χ2n) is 12.0. The van der Waals surface area contributed by atoms with Crippen molar-refractivity contribution in [2.75, 3.05) is 55.1 Å². The topological polar surface area (TPSA) is 96.5 Å². The van der Waals surface area contributed by atoms with Crippen LogP contribution in [-0.2, 0) is 11.0 Å². The number of ether oxygens (including phenoxy) is 3. The highest BCUT2D eigenvalue weighted by Crippen LogP contribution is 2.41. The summed E-state index contributed by atoms with van der Waals surface area (Å²) in [5.41, 5.74) is 0.649. The minimum Gasteiger partial charge on any atom is -0.493 e. The number of benzene rings is 3. The van der Waals surface area contributed by atoms with E-state index in [0.29, 0.717) is 84.9 Å². The number of piperidine rings is 1. The molecular weight excluding hydrogens is 639 g/mol. The molecule has 0 aliphatic carbocycles. The fourth-order valence-corrected chi connectivity index (χ4v) is 6.37. The number of nitrogens with zero attached hydrogens (tertiary/aromatic N) is 4. The van der Waals surface area contributed by atoms with Gasteiger partial charge in [-0.15, -0.1) is 0 Å². The predicted octanol–water partition coefficient (Wildman–Crippen LogP) is 7.39. The van der Waals surface area contributed by atoms with Gasteiger partial charge in [-0.25, -0.2) is 4.79 Å². The van der Waals surface area contributed by atoms with Crippen LogP contribution in [0.5, 0.6) is 23.0 Å². The van der Waals surface area contributed by atoms with Crippen molar-refractivity contribution in [2.24, 2.45) is 0 Å². The molecular formula is C36H38F3N5O5. The Balaban J connectivity index is 1.22. The normalized spacial score (nSPS) is 15.8. The number of anilines is 3. The van der Waals surface area contributed by atoms with Gasteiger partial charge in [0, 0.05) is 79.4 Å². The molecule has 2 fully saturated rings. The van der Waals surface area contributed by atoms with Gasteiger partial charge in [0.1, 0.15) is 11.5 Å². The maximum Gasteiger partial charge on any atom is 0.418 e. The molecule has 10 nitrogen and oxygen atoms in total. The summed E-state index contributed by atoms with van der Waals surface area (Å²) >= 11 is 0. The second kappa shape index (κ2) is 14.1. The Morgan fingerprint density at radius 1 is 0.898 bits per heavy atom. The van der Waals surface area contributed by atoms with E-state index in [0.717, 1.165) is 6.07 Å². The van der Waals surface area contributed by atoms with Crippen molar-refractivity contribution in [1.29, 1.82) is 0 Å². The highest BCUT2D eigenvalue weighted by atomic mass is 19.4. The van der Waals surface area contributed by atoms with E-state index in [9.17, 15) is 22.8 Å². The lowest BCUT2D eigenvalue weighted by Crippen LogP contribution is -2.49. The number of carbonyl (C=O) groups excluding carboxylic acids is 2. The number of fused-ring (bicyclic) bond motifs is 1. The molecule has 1 aromatic heterocycles. The average molecular weight is 678 g/mol. The third-order valence-corrected chi connectivity index (χ3v) is 8.91. The van der Waals surface area contributed by atoms with Crippen LogP contribution in [0.2, 0.25) is 0 Å². The summed E-state index contributed by atoms with van der Waals surface area (Å²) in [6.07, 6.45) is -1.00. The van der Waals surface area contributed by atoms with E-state index in [2.05, 4.69) is 10.3 Å². The van der Waals surface area contributed by atoms with Crippen LogP contribution in [0.15, 0.2) is 66.9 Å². The van der Waals surface area contributed by atoms with Crippen LogP contribution in [0.4, 0.5) is 35.0 Å². The predicted molar refractivity (Wildman–Crippen MR) is 181 cm³/mol. The van der Waals surface area contributed by atoms with Crippen LogP contribution >= 0.6 is 0 Å². The molecule has 0 bridgehead atoms. The molecule has 0 spiro atoms. The van der Waals surface area contributed by atoms with Gasteiger partial charge in [-0.1, -0.05) is 13.0 Å². The number of pyridine rings is 1. The Morgan fingerprint density at radius 2 is 1.59 bits per heavy atom. The summed E-state index contributed by atoms with van der Waals surface area (Å²) < 4.78 is 60.5. The minimum atomic E-state index is -4.63. The first kappa shape index (κ1) is 33.7. The molecule has 1 N–H and O–H groups in total. The minimum absolute atomic E-state index is 0.0603. The first-order valence-corrected chi connectivity index (χ1v) is 16.2. The number of hydrogen-bond donors (Lipinski definition) is 1. The van der Waals surface area contributed by atoms with Gasteiger partial charge in [0.15, 0.2) is 11.5 Å². The Morgan fingerprint density at radius 3 is 2.27 bits per heavy atom. The van der Waals surface area contributed by atoms with E-state index >= 15 is 0 Å². The number of amides is 3. The van der Waals surface area contributed by atoms with Crippen LogP contribution in [0, 0.1) is 0 Å². The Hall–Kier alpha value is -5.20. The zero-order valence-corrected chi connectivity index (χ0v) is 27.5. The molecule has 13 heteroatoms. The SMILES string of the molecule is CCC(=O)NC1CCN(c2ccc(N3CCCN(c4cccc(Oc5ccnc6cc(OC)c(OC)cc56)c4)C3=O)cc2C(F)(F)F)CC1. The molecule has 0 radical (unpaired) electrons. The van der Waals surface area contributed by atoms with Crippen molar-refractivity contribution in [3.05, 3.63) is 72.4 Å². The molecule has 2 saturated heterocycles. The first-order valence-electron chi connectivity index (χ1n) is 16.2. The lowest BCUT2D eigenvalue weighted by Gasteiger charge is -2.37. The number of methoxy groups -OCH3 is 2. The van der Waals surface area contributed by atoms with Gasteiger partial charge < -0.3 is 24.4 Å². The maximum absolute atomic E-state index is 14.5. The van der Waals surface area contributed by atoms with E-state index in [1.165, 1.54) is 11.0 Å². The van der Waals surface area contributed by atoms with Crippen molar-refractivity contribution < 1.29 is 37.0 Å². The van der Waals surface area contributed by atoms with Gasteiger partial charge >= 0.3 is 12.2 Å². The Labute approximate surface area is 282 Å². The average Bonchev–Trinajstić information content (AvgIpc) is 3.11. The molecule has 2 aliphatic heterocycles. The quantitative estimate of drug-likeness (QED) is 0.197. The molecule has 3 heterocycles. The molecule has 3 aromatic carbocycles. The fourth-order valence-electron chi connectivity index (χ4n) is 6.37. The summed E-state index contributed by atoms with van der Waals surface area (Å²) in [4.78, 5) is 34.7. The first-order chi connectivity index (χ1) is 23.6. The molecule has 258 valence electrons. The molecule has 2 aliphatic rings. The van der Waals surface area contributed by atoms with Crippen molar-refractivity contribution in [2.45, 2.75) is 44.8 Å². The zero-order valence-electron chi connectivity index (χ0n) is 27.5. The van der Waals surface area contributed by atoms with Crippen LogP contribution in [0.3, 0.4) is 0 Å². The van der Waals surface area contributed by atoms with Gasteiger partial charge in [0.05, 0.1) is 25.3 Å². The lowest BCUT2D eigenvalue weighted by molar-refractivity contribution is -0.137. The van der Waals surface area contributed by atoms with Crippen molar-refractivity contribution in [3.8, 4) is 23.0 Å². The summed E-state index contributed by atoms with van der Waals surface area (Å²) in [6.45, 7) is 3.19. The van der Waals surface area contributed by atoms with Gasteiger partial charge in [0.2, 0.25) is 5.91 Å². The number of rotatable bonds is 9. The number of halogens is 3. The Bertz CT molecular complexity index is 1840. The number of carbonyl (C=O) groups is 2. The monoisotopic (exact) mass is 677 g/mol. The van der Waals surface area contributed by atoms with E-state index in [1.807, 2.05) is 0 Å². The summed E-state index contributed by atoms with van der Waals surface area (Å²) in [7, 11) is 3.09. The number of alkyl halides is 3. The Kier molecular flexibility index (Phi) is 9.70. The lowest BCUT2D eigenvalue weighted by atomic mass is 10.0. The highest BCUT2D eigenvalue weighted by molar-refractivity contribution is 6.04. The number of urea groups is 1. The standard InChI is InChI=1S/C36H38F3N5O5/c1-4-34(45)41-23-12-17-42(18-13-23)30-10-9-25(20-28(30)36(37,38)39)44-16-6-15-43(35(44)46)24-7-5-8-26(19-24)49-31-11-14-40-29-22-33(48-3)32(47-2)21-27(29)31/h5,7-11,14,19-23H,4,6,12-13,15-18H2,1-3H3,(H,41,45). The number of nitrogens with one attached hydrogen (secondary N) is 1. The van der Waals surface area contributed by atoms with Crippen LogP contribution in [0.25, 0.3) is 10.9 Å². The molecule has 49 heavy (non-hydrogen) atoms. The molecule has 3 amide bonds. The molecule has 0 atom stereocenters. The van der Waals surface area contributed by atoms with Gasteiger partial charge in [-0.3, -0.25) is 19.6 Å². The third-order valence-electron chi connectivity index (χ3n) is 8.91. The molecule has 4 aromatic rings. The van der Waals surface area contributed by atoms with E-state index in [4.69, 9.17) is 14.2 Å². The van der Waals surface area contributed by atoms with Crippen molar-refractivity contribution >= 4 is 39.9 Å². The highest BCUT2D eigenvalue weighted by Gasteiger charge is 2.38. The van der Waals surface area contributed by atoms with Gasteiger partial charge in [-0.05, 0) is 61.7 Å². The zero-order chi connectivity index (χ0) is 34.7. The summed E-state index contributed by atoms with van der Waals surface area (Å²) in [5, 5.41) is 3.63. The molecule has 6 rings (SSSR count). The molecule has 0 saturated carbocycles.